The van der Waals surface area contributed by atoms with Gasteiger partial charge in [0.25, 0.3) is 0 Å². The molecule has 1 aliphatic heterocycles. The first kappa shape index (κ1) is 25.0. The van der Waals surface area contributed by atoms with Gasteiger partial charge in [0.05, 0.1) is 7.11 Å². The number of halogens is 5. The maximum Gasteiger partial charge on any atom is 0.417 e. The highest BCUT2D eigenvalue weighted by Gasteiger charge is 2.65. The maximum atomic E-state index is 14.5. The summed E-state index contributed by atoms with van der Waals surface area (Å²) in [7, 11) is 1.11. The van der Waals surface area contributed by atoms with Crippen molar-refractivity contribution >= 4 is 5.69 Å². The fraction of sp³-hybridized carbons (Fsp3) is 0.522. The fourth-order valence-electron chi connectivity index (χ4n) is 4.42. The third-order valence-electron chi connectivity index (χ3n) is 6.29. The van der Waals surface area contributed by atoms with Crippen molar-refractivity contribution in [3.05, 3.63) is 57.0 Å². The number of benzene rings is 1. The second kappa shape index (κ2) is 8.62. The van der Waals surface area contributed by atoms with E-state index in [1.165, 1.54) is 19.1 Å². The van der Waals surface area contributed by atoms with Crippen LogP contribution in [0.15, 0.2) is 23.0 Å². The predicted molar refractivity (Wildman–Crippen MR) is 114 cm³/mol. The zero-order valence-electron chi connectivity index (χ0n) is 19.2. The van der Waals surface area contributed by atoms with Crippen molar-refractivity contribution in [2.24, 2.45) is 5.92 Å². The molecule has 4 atom stereocenters. The number of nitrogens with one attached hydrogen (secondary N) is 2. The van der Waals surface area contributed by atoms with Crippen molar-refractivity contribution < 1.29 is 31.4 Å². The van der Waals surface area contributed by atoms with Crippen LogP contribution < -0.4 is 15.5 Å². The van der Waals surface area contributed by atoms with Gasteiger partial charge in [-0.15, -0.1) is 0 Å². The van der Waals surface area contributed by atoms with E-state index in [2.05, 4.69) is 10.3 Å². The zero-order valence-corrected chi connectivity index (χ0v) is 19.2. The SMILES string of the molecule is COc1c([C@H]2[C@H](c3cc(=O)c(NC(C)C)c(C)[nH]3)O[C@@](C)(C(F)(F)F)[C@H]2C)ccc(F)c1F. The van der Waals surface area contributed by atoms with Crippen LogP contribution in [0, 0.1) is 24.5 Å². The van der Waals surface area contributed by atoms with Crippen LogP contribution in [0.3, 0.4) is 0 Å². The molecule has 33 heavy (non-hydrogen) atoms. The normalized spacial score (nSPS) is 25.5. The van der Waals surface area contributed by atoms with Gasteiger partial charge in [0.1, 0.15) is 11.8 Å². The molecule has 1 aliphatic rings. The Morgan fingerprint density at radius 3 is 2.39 bits per heavy atom. The summed E-state index contributed by atoms with van der Waals surface area (Å²) >= 11 is 0. The Labute approximate surface area is 188 Å². The van der Waals surface area contributed by atoms with E-state index >= 15 is 0 Å². The lowest BCUT2D eigenvalue weighted by Crippen LogP contribution is -2.46. The molecule has 2 heterocycles. The lowest BCUT2D eigenvalue weighted by atomic mass is 9.76. The summed E-state index contributed by atoms with van der Waals surface area (Å²) in [6.07, 6.45) is -6.07. The summed E-state index contributed by atoms with van der Waals surface area (Å²) < 4.78 is 81.2. The molecular formula is C23H27F5N2O3. The number of rotatable bonds is 5. The molecule has 0 saturated carbocycles. The summed E-state index contributed by atoms with van der Waals surface area (Å²) in [6.45, 7) is 7.54. The highest BCUT2D eigenvalue weighted by atomic mass is 19.4. The number of alkyl halides is 3. The summed E-state index contributed by atoms with van der Waals surface area (Å²) in [6, 6.07) is 3.16. The highest BCUT2D eigenvalue weighted by molar-refractivity contribution is 5.49. The summed E-state index contributed by atoms with van der Waals surface area (Å²) in [5, 5.41) is 3.01. The first-order valence-electron chi connectivity index (χ1n) is 10.5. The zero-order chi connectivity index (χ0) is 24.9. The Hall–Kier alpha value is -2.62. The van der Waals surface area contributed by atoms with E-state index in [-0.39, 0.29) is 17.3 Å². The first-order valence-corrected chi connectivity index (χ1v) is 10.5. The molecule has 1 aromatic heterocycles. The molecular weight excluding hydrogens is 447 g/mol. The molecule has 2 N–H and O–H groups in total. The van der Waals surface area contributed by atoms with Gasteiger partial charge in [0.15, 0.2) is 17.2 Å². The molecule has 1 fully saturated rings. The average molecular weight is 474 g/mol. The average Bonchev–Trinajstić information content (AvgIpc) is 2.98. The number of hydrogen-bond acceptors (Lipinski definition) is 4. The first-order chi connectivity index (χ1) is 15.2. The minimum absolute atomic E-state index is 0.0183. The molecule has 1 aromatic carbocycles. The van der Waals surface area contributed by atoms with Crippen molar-refractivity contribution in [2.45, 2.75) is 64.5 Å². The Balaban J connectivity index is 2.23. The number of H-pyrrole nitrogens is 1. The monoisotopic (exact) mass is 474 g/mol. The lowest BCUT2D eigenvalue weighted by molar-refractivity contribution is -0.275. The van der Waals surface area contributed by atoms with Gasteiger partial charge in [-0.05, 0) is 33.8 Å². The van der Waals surface area contributed by atoms with Crippen molar-refractivity contribution in [3.8, 4) is 5.75 Å². The number of ether oxygens (including phenoxy) is 2. The summed E-state index contributed by atoms with van der Waals surface area (Å²) in [5.41, 5.74) is -2.21. The Kier molecular flexibility index (Phi) is 6.54. The molecule has 3 rings (SSSR count). The van der Waals surface area contributed by atoms with Gasteiger partial charge >= 0.3 is 6.18 Å². The van der Waals surface area contributed by atoms with E-state index in [0.717, 1.165) is 20.1 Å². The molecule has 182 valence electrons. The lowest BCUT2D eigenvalue weighted by Gasteiger charge is -2.32. The second-order valence-electron chi connectivity index (χ2n) is 8.83. The van der Waals surface area contributed by atoms with E-state index in [1.807, 2.05) is 13.8 Å². The molecule has 0 radical (unpaired) electrons. The molecule has 5 nitrogen and oxygen atoms in total. The molecule has 1 saturated heterocycles. The van der Waals surface area contributed by atoms with E-state index in [1.54, 1.807) is 6.92 Å². The molecule has 0 unspecified atom stereocenters. The van der Waals surface area contributed by atoms with Crippen LogP contribution in [0.5, 0.6) is 5.75 Å². The third kappa shape index (κ3) is 4.20. The molecule has 0 aliphatic carbocycles. The van der Waals surface area contributed by atoms with Crippen LogP contribution in [-0.2, 0) is 4.74 Å². The van der Waals surface area contributed by atoms with Gasteiger partial charge < -0.3 is 19.8 Å². The van der Waals surface area contributed by atoms with Crippen LogP contribution in [0.2, 0.25) is 0 Å². The van der Waals surface area contributed by atoms with Crippen molar-refractivity contribution in [2.75, 3.05) is 12.4 Å². The Bertz CT molecular complexity index is 1100. The Morgan fingerprint density at radius 2 is 1.88 bits per heavy atom. The minimum atomic E-state index is -4.76. The van der Waals surface area contributed by atoms with Gasteiger partial charge in [-0.1, -0.05) is 13.0 Å². The molecule has 0 spiro atoms. The topological polar surface area (TPSA) is 63.3 Å². The second-order valence-corrected chi connectivity index (χ2v) is 8.83. The van der Waals surface area contributed by atoms with Crippen molar-refractivity contribution in [1.82, 2.24) is 4.98 Å². The standard InChI is InChI=1S/C23H27F5N2O3/c1-10(2)29-19-12(4)30-15(9-16(19)31)21-17(11(3)22(5,33-21)23(26,27)28)13-7-8-14(24)18(25)20(13)32-6/h7-11,17,21,29H,1-6H3,(H,30,31)/t11-,17-,21-,22+/m0/s1. The number of methoxy groups -OCH3 is 1. The smallest absolute Gasteiger partial charge is 0.417 e. The van der Waals surface area contributed by atoms with Crippen LogP contribution in [0.25, 0.3) is 0 Å². The number of anilines is 1. The van der Waals surface area contributed by atoms with Gasteiger partial charge in [0, 0.05) is 40.9 Å². The van der Waals surface area contributed by atoms with Gasteiger partial charge in [-0.25, -0.2) is 4.39 Å². The van der Waals surface area contributed by atoms with Crippen molar-refractivity contribution in [3.63, 3.8) is 0 Å². The minimum Gasteiger partial charge on any atom is -0.493 e. The van der Waals surface area contributed by atoms with E-state index in [9.17, 15) is 26.7 Å². The third-order valence-corrected chi connectivity index (χ3v) is 6.29. The highest BCUT2D eigenvalue weighted by Crippen LogP contribution is 2.59. The molecule has 10 heteroatoms. The Morgan fingerprint density at radius 1 is 1.24 bits per heavy atom. The molecule has 0 amide bonds. The van der Waals surface area contributed by atoms with Crippen molar-refractivity contribution in [1.29, 1.82) is 0 Å². The largest absolute Gasteiger partial charge is 0.493 e. The van der Waals surface area contributed by atoms with Gasteiger partial charge in [0.2, 0.25) is 11.2 Å². The maximum absolute atomic E-state index is 14.5. The van der Waals surface area contributed by atoms with E-state index in [0.29, 0.717) is 11.4 Å². The van der Waals surface area contributed by atoms with Crippen LogP contribution in [0.1, 0.15) is 56.7 Å². The molecule has 0 bridgehead atoms. The van der Waals surface area contributed by atoms with Crippen LogP contribution in [0.4, 0.5) is 27.6 Å². The predicted octanol–water partition coefficient (Wildman–Crippen LogP) is 5.60. The van der Waals surface area contributed by atoms with Gasteiger partial charge in [-0.2, -0.15) is 17.6 Å². The number of aromatic amines is 1. The fourth-order valence-corrected chi connectivity index (χ4v) is 4.42. The number of aromatic nitrogens is 1. The van der Waals surface area contributed by atoms with E-state index < -0.39 is 52.5 Å². The summed E-state index contributed by atoms with van der Waals surface area (Å²) in [4.78, 5) is 15.7. The number of aryl methyl sites for hydroxylation is 1. The molecule has 2 aromatic rings. The number of pyridine rings is 1. The van der Waals surface area contributed by atoms with Crippen LogP contribution >= 0.6 is 0 Å². The summed E-state index contributed by atoms with van der Waals surface area (Å²) in [5.74, 6) is -5.31. The van der Waals surface area contributed by atoms with Gasteiger partial charge in [-0.3, -0.25) is 4.79 Å². The van der Waals surface area contributed by atoms with E-state index in [4.69, 9.17) is 9.47 Å². The number of hydrogen-bond donors (Lipinski definition) is 2. The van der Waals surface area contributed by atoms with Crippen LogP contribution in [-0.4, -0.2) is 29.9 Å². The quantitative estimate of drug-likeness (QED) is 0.554.